The standard InChI is InChI=1S/C11H22N2O2/c14-11(3-5-15-9-11)8-13-7-10-2-1-4-12-6-10/h10,12-14H,1-9H2. The molecule has 0 aliphatic carbocycles. The summed E-state index contributed by atoms with van der Waals surface area (Å²) >= 11 is 0. The summed E-state index contributed by atoms with van der Waals surface area (Å²) in [5.74, 6) is 0.727. The second kappa shape index (κ2) is 5.25. The first-order valence-electron chi connectivity index (χ1n) is 6.00. The monoisotopic (exact) mass is 214 g/mol. The van der Waals surface area contributed by atoms with E-state index in [1.54, 1.807) is 0 Å². The second-order valence-electron chi connectivity index (χ2n) is 4.87. The number of ether oxygens (including phenoxy) is 1. The van der Waals surface area contributed by atoms with Crippen LogP contribution in [0.3, 0.4) is 0 Å². The first kappa shape index (κ1) is 11.3. The molecule has 0 aromatic carbocycles. The van der Waals surface area contributed by atoms with Crippen molar-refractivity contribution in [2.24, 2.45) is 5.92 Å². The molecule has 2 heterocycles. The van der Waals surface area contributed by atoms with Crippen LogP contribution in [0.2, 0.25) is 0 Å². The van der Waals surface area contributed by atoms with Crippen molar-refractivity contribution in [3.05, 3.63) is 0 Å². The highest BCUT2D eigenvalue weighted by molar-refractivity contribution is 4.85. The predicted molar refractivity (Wildman–Crippen MR) is 58.8 cm³/mol. The Hall–Kier alpha value is -0.160. The van der Waals surface area contributed by atoms with Gasteiger partial charge in [0.25, 0.3) is 0 Å². The number of rotatable bonds is 4. The molecule has 0 amide bonds. The van der Waals surface area contributed by atoms with E-state index in [-0.39, 0.29) is 0 Å². The first-order chi connectivity index (χ1) is 7.29. The summed E-state index contributed by atoms with van der Waals surface area (Å²) in [7, 11) is 0. The third-order valence-electron chi connectivity index (χ3n) is 3.37. The van der Waals surface area contributed by atoms with Gasteiger partial charge in [-0.1, -0.05) is 0 Å². The molecule has 2 aliphatic rings. The van der Waals surface area contributed by atoms with Gasteiger partial charge in [-0.25, -0.2) is 0 Å². The molecule has 0 aromatic rings. The average Bonchev–Trinajstić information content (AvgIpc) is 2.67. The topological polar surface area (TPSA) is 53.5 Å². The van der Waals surface area contributed by atoms with Crippen molar-refractivity contribution >= 4 is 0 Å². The average molecular weight is 214 g/mol. The molecule has 88 valence electrons. The Morgan fingerprint density at radius 1 is 1.53 bits per heavy atom. The van der Waals surface area contributed by atoms with E-state index in [2.05, 4.69) is 10.6 Å². The van der Waals surface area contributed by atoms with Gasteiger partial charge in [-0.05, 0) is 38.4 Å². The molecule has 2 aliphatic heterocycles. The highest BCUT2D eigenvalue weighted by Gasteiger charge is 2.31. The molecular formula is C11H22N2O2. The van der Waals surface area contributed by atoms with Crippen LogP contribution in [0.25, 0.3) is 0 Å². The lowest BCUT2D eigenvalue weighted by atomic mass is 9.98. The van der Waals surface area contributed by atoms with Crippen molar-refractivity contribution in [2.75, 3.05) is 39.4 Å². The van der Waals surface area contributed by atoms with E-state index in [1.165, 1.54) is 12.8 Å². The molecule has 15 heavy (non-hydrogen) atoms. The van der Waals surface area contributed by atoms with E-state index in [0.29, 0.717) is 19.8 Å². The number of piperidine rings is 1. The van der Waals surface area contributed by atoms with Gasteiger partial charge in [0.05, 0.1) is 6.61 Å². The van der Waals surface area contributed by atoms with Gasteiger partial charge in [-0.15, -0.1) is 0 Å². The molecule has 2 saturated heterocycles. The lowest BCUT2D eigenvalue weighted by Crippen LogP contribution is -2.44. The molecule has 2 unspecified atom stereocenters. The molecule has 2 fully saturated rings. The van der Waals surface area contributed by atoms with Gasteiger partial charge in [0.2, 0.25) is 0 Å². The molecule has 0 aromatic heterocycles. The Morgan fingerprint density at radius 2 is 2.47 bits per heavy atom. The van der Waals surface area contributed by atoms with Crippen LogP contribution in [0.15, 0.2) is 0 Å². The summed E-state index contributed by atoms with van der Waals surface area (Å²) in [5.41, 5.74) is -0.609. The highest BCUT2D eigenvalue weighted by atomic mass is 16.5. The minimum Gasteiger partial charge on any atom is -0.386 e. The van der Waals surface area contributed by atoms with Crippen LogP contribution in [-0.4, -0.2) is 50.1 Å². The van der Waals surface area contributed by atoms with E-state index >= 15 is 0 Å². The van der Waals surface area contributed by atoms with E-state index in [4.69, 9.17) is 4.74 Å². The molecule has 0 spiro atoms. The zero-order chi connectivity index (χ0) is 10.6. The zero-order valence-corrected chi connectivity index (χ0v) is 9.30. The van der Waals surface area contributed by atoms with E-state index < -0.39 is 5.60 Å². The van der Waals surface area contributed by atoms with Gasteiger partial charge >= 0.3 is 0 Å². The molecule has 0 radical (unpaired) electrons. The van der Waals surface area contributed by atoms with Crippen molar-refractivity contribution in [1.29, 1.82) is 0 Å². The zero-order valence-electron chi connectivity index (χ0n) is 9.30. The van der Waals surface area contributed by atoms with Gasteiger partial charge in [0, 0.05) is 19.6 Å². The molecule has 4 nitrogen and oxygen atoms in total. The first-order valence-corrected chi connectivity index (χ1v) is 6.00. The van der Waals surface area contributed by atoms with Crippen LogP contribution < -0.4 is 10.6 Å². The van der Waals surface area contributed by atoms with Gasteiger partial charge < -0.3 is 20.5 Å². The van der Waals surface area contributed by atoms with Gasteiger partial charge in [-0.2, -0.15) is 0 Å². The maximum atomic E-state index is 10.0. The maximum absolute atomic E-state index is 10.0. The minimum absolute atomic E-state index is 0.489. The van der Waals surface area contributed by atoms with Crippen molar-refractivity contribution in [2.45, 2.75) is 24.9 Å². The predicted octanol–water partition coefficient (Wildman–Crippen LogP) is -0.273. The SMILES string of the molecule is OC1(CNCC2CCCNC2)CCOC1. The van der Waals surface area contributed by atoms with Gasteiger partial charge in [0.15, 0.2) is 0 Å². The van der Waals surface area contributed by atoms with E-state index in [9.17, 15) is 5.11 Å². The molecule has 2 rings (SSSR count). The molecule has 3 N–H and O–H groups in total. The van der Waals surface area contributed by atoms with Gasteiger partial charge in [0.1, 0.15) is 5.60 Å². The van der Waals surface area contributed by atoms with E-state index in [1.807, 2.05) is 0 Å². The lowest BCUT2D eigenvalue weighted by Gasteiger charge is -2.26. The Morgan fingerprint density at radius 3 is 3.13 bits per heavy atom. The summed E-state index contributed by atoms with van der Waals surface area (Å²) in [6.45, 7) is 5.14. The molecule has 0 saturated carbocycles. The third kappa shape index (κ3) is 3.41. The van der Waals surface area contributed by atoms with Crippen LogP contribution in [0, 0.1) is 5.92 Å². The highest BCUT2D eigenvalue weighted by Crippen LogP contribution is 2.17. The fourth-order valence-electron chi connectivity index (χ4n) is 2.34. The van der Waals surface area contributed by atoms with Crippen molar-refractivity contribution in [1.82, 2.24) is 10.6 Å². The summed E-state index contributed by atoms with van der Waals surface area (Å²) in [6.07, 6.45) is 3.34. The number of hydrogen-bond acceptors (Lipinski definition) is 4. The number of aliphatic hydroxyl groups is 1. The second-order valence-corrected chi connectivity index (χ2v) is 4.87. The van der Waals surface area contributed by atoms with Crippen molar-refractivity contribution in [3.8, 4) is 0 Å². The number of nitrogens with one attached hydrogen (secondary N) is 2. The van der Waals surface area contributed by atoms with Crippen LogP contribution in [0.5, 0.6) is 0 Å². The molecule has 2 atom stereocenters. The summed E-state index contributed by atoms with van der Waals surface area (Å²) in [6, 6.07) is 0. The Labute approximate surface area is 91.4 Å². The summed E-state index contributed by atoms with van der Waals surface area (Å²) in [5, 5.41) is 16.8. The van der Waals surface area contributed by atoms with Crippen LogP contribution in [0.4, 0.5) is 0 Å². The fraction of sp³-hybridized carbons (Fsp3) is 1.00. The molecule has 4 heteroatoms. The largest absolute Gasteiger partial charge is 0.386 e. The van der Waals surface area contributed by atoms with Gasteiger partial charge in [-0.3, -0.25) is 0 Å². The molecule has 0 bridgehead atoms. The third-order valence-corrected chi connectivity index (χ3v) is 3.37. The van der Waals surface area contributed by atoms with Crippen molar-refractivity contribution in [3.63, 3.8) is 0 Å². The van der Waals surface area contributed by atoms with Crippen molar-refractivity contribution < 1.29 is 9.84 Å². The lowest BCUT2D eigenvalue weighted by molar-refractivity contribution is 0.0262. The summed E-state index contributed by atoms with van der Waals surface area (Å²) < 4.78 is 5.20. The Balaban J connectivity index is 1.61. The summed E-state index contributed by atoms with van der Waals surface area (Å²) in [4.78, 5) is 0. The van der Waals surface area contributed by atoms with Crippen LogP contribution in [0.1, 0.15) is 19.3 Å². The molecular weight excluding hydrogens is 192 g/mol. The maximum Gasteiger partial charge on any atom is 0.102 e. The minimum atomic E-state index is -0.609. The smallest absolute Gasteiger partial charge is 0.102 e. The van der Waals surface area contributed by atoms with Crippen LogP contribution in [-0.2, 0) is 4.74 Å². The van der Waals surface area contributed by atoms with E-state index in [0.717, 1.165) is 32.0 Å². The fourth-order valence-corrected chi connectivity index (χ4v) is 2.34. The Kier molecular flexibility index (Phi) is 3.97. The quantitative estimate of drug-likeness (QED) is 0.603. The normalized spacial score (nSPS) is 37.0. The number of hydrogen-bond donors (Lipinski definition) is 3. The van der Waals surface area contributed by atoms with Crippen LogP contribution >= 0.6 is 0 Å². The Bertz CT molecular complexity index is 187.